The lowest BCUT2D eigenvalue weighted by molar-refractivity contribution is -0.150. The van der Waals surface area contributed by atoms with E-state index in [0.717, 1.165) is 0 Å². The number of nitrogens with one attached hydrogen (secondary N) is 1. The maximum atomic E-state index is 13.4. The lowest BCUT2D eigenvalue weighted by atomic mass is 10.0. The van der Waals surface area contributed by atoms with Crippen molar-refractivity contribution in [3.63, 3.8) is 0 Å². The number of methoxy groups -OCH3 is 1. The summed E-state index contributed by atoms with van der Waals surface area (Å²) in [7, 11) is 2.63. The molecule has 0 bridgehead atoms. The summed E-state index contributed by atoms with van der Waals surface area (Å²) in [4.78, 5) is 0. The second kappa shape index (κ2) is 5.88. The van der Waals surface area contributed by atoms with Crippen LogP contribution in [0, 0.1) is 0 Å². The van der Waals surface area contributed by atoms with Gasteiger partial charge in [-0.25, -0.2) is 8.78 Å². The molecule has 1 rings (SSSR count). The van der Waals surface area contributed by atoms with E-state index in [9.17, 15) is 17.6 Å². The Kier molecular flexibility index (Phi) is 4.98. The van der Waals surface area contributed by atoms with Gasteiger partial charge < -0.3 is 10.1 Å². The normalized spacial score (nSPS) is 13.8. The van der Waals surface area contributed by atoms with Gasteiger partial charge in [0, 0.05) is 0 Å². The maximum Gasteiger partial charge on any atom is 0.326 e. The number of alkyl halides is 4. The van der Waals surface area contributed by atoms with Crippen LogP contribution in [0.15, 0.2) is 22.7 Å². The molecule has 0 aliphatic heterocycles. The van der Waals surface area contributed by atoms with Crippen LogP contribution in [0.1, 0.15) is 11.6 Å². The van der Waals surface area contributed by atoms with E-state index in [2.05, 4.69) is 21.2 Å². The van der Waals surface area contributed by atoms with Crippen molar-refractivity contribution in [3.05, 3.63) is 28.2 Å². The second-order valence-electron chi connectivity index (χ2n) is 3.59. The Morgan fingerprint density at radius 3 is 2.33 bits per heavy atom. The first-order valence-electron chi connectivity index (χ1n) is 5.01. The highest BCUT2D eigenvalue weighted by molar-refractivity contribution is 9.10. The van der Waals surface area contributed by atoms with Gasteiger partial charge in [-0.3, -0.25) is 0 Å². The van der Waals surface area contributed by atoms with Crippen molar-refractivity contribution in [1.82, 2.24) is 5.32 Å². The van der Waals surface area contributed by atoms with Crippen LogP contribution in [0.5, 0.6) is 5.75 Å². The lowest BCUT2D eigenvalue weighted by Crippen LogP contribution is -2.41. The number of halogens is 5. The quantitative estimate of drug-likeness (QED) is 0.833. The minimum Gasteiger partial charge on any atom is -0.496 e. The average molecular weight is 330 g/mol. The molecule has 1 aromatic carbocycles. The fourth-order valence-electron chi connectivity index (χ4n) is 1.57. The molecule has 0 radical (unpaired) electrons. The number of rotatable bonds is 5. The van der Waals surface area contributed by atoms with E-state index >= 15 is 0 Å². The number of benzene rings is 1. The molecule has 1 atom stereocenters. The molecule has 0 fully saturated rings. The van der Waals surface area contributed by atoms with E-state index in [1.807, 2.05) is 0 Å². The van der Waals surface area contributed by atoms with Crippen molar-refractivity contribution in [2.24, 2.45) is 0 Å². The molecular weight excluding hydrogens is 318 g/mol. The summed E-state index contributed by atoms with van der Waals surface area (Å²) in [6.45, 7) is 0. The van der Waals surface area contributed by atoms with Gasteiger partial charge in [-0.2, -0.15) is 8.78 Å². The molecule has 0 spiro atoms. The Labute approximate surface area is 110 Å². The van der Waals surface area contributed by atoms with Crippen LogP contribution in [0.2, 0.25) is 0 Å². The Morgan fingerprint density at radius 2 is 1.94 bits per heavy atom. The largest absolute Gasteiger partial charge is 0.496 e. The Morgan fingerprint density at radius 1 is 1.33 bits per heavy atom. The van der Waals surface area contributed by atoms with Crippen LogP contribution in [0.4, 0.5) is 17.6 Å². The first-order chi connectivity index (χ1) is 8.34. The SMILES string of the molecule is CNC(c1ccc(OC)c(Br)c1)C(F)(F)C(F)F. The molecule has 0 aromatic heterocycles. The third-order valence-electron chi connectivity index (χ3n) is 2.47. The number of ether oxygens (including phenoxy) is 1. The predicted molar refractivity (Wildman–Crippen MR) is 63.4 cm³/mol. The van der Waals surface area contributed by atoms with Gasteiger partial charge in [0.2, 0.25) is 0 Å². The Hall–Kier alpha value is -0.820. The smallest absolute Gasteiger partial charge is 0.326 e. The van der Waals surface area contributed by atoms with E-state index in [0.29, 0.717) is 10.2 Å². The third kappa shape index (κ3) is 2.95. The molecule has 0 amide bonds. The van der Waals surface area contributed by atoms with Crippen LogP contribution < -0.4 is 10.1 Å². The van der Waals surface area contributed by atoms with Crippen molar-refractivity contribution in [3.8, 4) is 5.75 Å². The fraction of sp³-hybridized carbons (Fsp3) is 0.455. The van der Waals surface area contributed by atoms with Crippen molar-refractivity contribution in [2.45, 2.75) is 18.4 Å². The van der Waals surface area contributed by atoms with Gasteiger partial charge in [-0.15, -0.1) is 0 Å². The van der Waals surface area contributed by atoms with Gasteiger partial charge in [0.05, 0.1) is 11.6 Å². The summed E-state index contributed by atoms with van der Waals surface area (Å²) in [6.07, 6.45) is -3.74. The summed E-state index contributed by atoms with van der Waals surface area (Å²) in [5.41, 5.74) is 0.0514. The number of hydrogen-bond acceptors (Lipinski definition) is 2. The zero-order valence-electron chi connectivity index (χ0n) is 9.68. The highest BCUT2D eigenvalue weighted by atomic mass is 79.9. The molecule has 2 nitrogen and oxygen atoms in total. The third-order valence-corrected chi connectivity index (χ3v) is 3.09. The molecule has 0 aliphatic rings. The van der Waals surface area contributed by atoms with Gasteiger partial charge >= 0.3 is 12.3 Å². The highest BCUT2D eigenvalue weighted by Crippen LogP contribution is 2.38. The van der Waals surface area contributed by atoms with Gasteiger partial charge in [-0.05, 0) is 40.7 Å². The van der Waals surface area contributed by atoms with Crippen molar-refractivity contribution in [2.75, 3.05) is 14.2 Å². The van der Waals surface area contributed by atoms with Crippen LogP contribution in [-0.2, 0) is 0 Å². The molecule has 1 unspecified atom stereocenters. The minimum absolute atomic E-state index is 0.0514. The number of hydrogen-bond donors (Lipinski definition) is 1. The molecule has 1 aromatic rings. The van der Waals surface area contributed by atoms with Gasteiger partial charge in [0.25, 0.3) is 0 Å². The summed E-state index contributed by atoms with van der Waals surface area (Å²) in [5.74, 6) is -3.71. The second-order valence-corrected chi connectivity index (χ2v) is 4.45. The zero-order chi connectivity index (χ0) is 13.9. The van der Waals surface area contributed by atoms with E-state index < -0.39 is 18.4 Å². The molecule has 0 saturated carbocycles. The Bertz CT molecular complexity index is 414. The van der Waals surface area contributed by atoms with Crippen molar-refractivity contribution < 1.29 is 22.3 Å². The van der Waals surface area contributed by atoms with E-state index in [1.54, 1.807) is 0 Å². The monoisotopic (exact) mass is 329 g/mol. The molecule has 1 N–H and O–H groups in total. The van der Waals surface area contributed by atoms with Crippen LogP contribution in [-0.4, -0.2) is 26.5 Å². The lowest BCUT2D eigenvalue weighted by Gasteiger charge is -2.26. The minimum atomic E-state index is -4.15. The van der Waals surface area contributed by atoms with E-state index in [1.165, 1.54) is 32.4 Å². The standard InChI is InChI=1S/C11H12BrF4NO/c1-17-9(11(15,16)10(13)14)6-3-4-8(18-2)7(12)5-6/h3-5,9-10,17H,1-2H3. The summed E-state index contributed by atoms with van der Waals surface area (Å²) >= 11 is 3.12. The molecule has 102 valence electrons. The van der Waals surface area contributed by atoms with Gasteiger partial charge in [0.1, 0.15) is 11.8 Å². The van der Waals surface area contributed by atoms with Crippen LogP contribution >= 0.6 is 15.9 Å². The molecule has 18 heavy (non-hydrogen) atoms. The van der Waals surface area contributed by atoms with Gasteiger partial charge in [-0.1, -0.05) is 6.07 Å². The first-order valence-corrected chi connectivity index (χ1v) is 5.80. The van der Waals surface area contributed by atoms with E-state index in [-0.39, 0.29) is 5.56 Å². The van der Waals surface area contributed by atoms with Crippen molar-refractivity contribution in [1.29, 1.82) is 0 Å². The fourth-order valence-corrected chi connectivity index (χ4v) is 2.13. The zero-order valence-corrected chi connectivity index (χ0v) is 11.3. The molecule has 7 heteroatoms. The Balaban J connectivity index is 3.14. The summed E-state index contributed by atoms with van der Waals surface area (Å²) < 4.78 is 56.8. The van der Waals surface area contributed by atoms with Crippen LogP contribution in [0.25, 0.3) is 0 Å². The molecular formula is C11H12BrF4NO. The van der Waals surface area contributed by atoms with Crippen LogP contribution in [0.3, 0.4) is 0 Å². The van der Waals surface area contributed by atoms with Gasteiger partial charge in [0.15, 0.2) is 0 Å². The highest BCUT2D eigenvalue weighted by Gasteiger charge is 2.48. The summed E-state index contributed by atoms with van der Waals surface area (Å²) in [5, 5.41) is 2.21. The average Bonchev–Trinajstić information content (AvgIpc) is 2.29. The molecule has 0 aliphatic carbocycles. The van der Waals surface area contributed by atoms with E-state index in [4.69, 9.17) is 4.74 Å². The molecule has 0 heterocycles. The topological polar surface area (TPSA) is 21.3 Å². The maximum absolute atomic E-state index is 13.4. The summed E-state index contributed by atoms with van der Waals surface area (Å²) in [6, 6.07) is 2.32. The first kappa shape index (κ1) is 15.2. The predicted octanol–water partition coefficient (Wildman–Crippen LogP) is 3.62. The van der Waals surface area contributed by atoms with Crippen molar-refractivity contribution >= 4 is 15.9 Å². The molecule has 0 saturated heterocycles.